The Bertz CT molecular complexity index is 868. The molecule has 2 heterocycles. The summed E-state index contributed by atoms with van der Waals surface area (Å²) in [5.41, 5.74) is 5.61. The van der Waals surface area contributed by atoms with Crippen molar-refractivity contribution in [3.8, 4) is 0 Å². The largest absolute Gasteiger partial charge is 0.368 e. The number of amides is 2. The minimum Gasteiger partial charge on any atom is -0.368 e. The van der Waals surface area contributed by atoms with Crippen LogP contribution in [0.1, 0.15) is 60.6 Å². The van der Waals surface area contributed by atoms with Crippen molar-refractivity contribution >= 4 is 23.2 Å². The predicted molar refractivity (Wildman–Crippen MR) is 97.9 cm³/mol. The van der Waals surface area contributed by atoms with Gasteiger partial charge in [-0.15, -0.1) is 5.10 Å². The minimum atomic E-state index is -2.67. The number of hydrogen-bond donors (Lipinski definition) is 2. The lowest BCUT2D eigenvalue weighted by molar-refractivity contribution is -0.122. The third-order valence-corrected chi connectivity index (χ3v) is 6.44. The molecule has 2 aromatic heterocycles. The van der Waals surface area contributed by atoms with Gasteiger partial charge in [0.2, 0.25) is 11.8 Å². The molecule has 2 amide bonds. The molecule has 0 spiro atoms. The molecule has 2 aliphatic rings. The number of primary amides is 1. The van der Waals surface area contributed by atoms with Crippen LogP contribution >= 0.6 is 11.3 Å². The Kier molecular flexibility index (Phi) is 4.68. The van der Waals surface area contributed by atoms with E-state index < -0.39 is 23.4 Å². The fourth-order valence-electron chi connectivity index (χ4n) is 3.78. The van der Waals surface area contributed by atoms with E-state index in [2.05, 4.69) is 15.6 Å². The van der Waals surface area contributed by atoms with Crippen molar-refractivity contribution in [2.24, 2.45) is 11.7 Å². The number of rotatable bonds is 6. The summed E-state index contributed by atoms with van der Waals surface area (Å²) in [5, 5.41) is 14.7. The summed E-state index contributed by atoms with van der Waals surface area (Å²) >= 11 is 1.40. The summed E-state index contributed by atoms with van der Waals surface area (Å²) in [6.45, 7) is 0. The van der Waals surface area contributed by atoms with E-state index >= 15 is 0 Å². The molecule has 4 rings (SSSR count). The van der Waals surface area contributed by atoms with Crippen molar-refractivity contribution in [2.75, 3.05) is 0 Å². The second kappa shape index (κ2) is 6.91. The van der Waals surface area contributed by atoms with E-state index in [0.717, 1.165) is 0 Å². The van der Waals surface area contributed by atoms with Gasteiger partial charge >= 0.3 is 0 Å². The van der Waals surface area contributed by atoms with E-state index in [0.29, 0.717) is 24.1 Å². The number of nitrogens with one attached hydrogen (secondary N) is 1. The van der Waals surface area contributed by atoms with Crippen LogP contribution in [-0.2, 0) is 10.3 Å². The Labute approximate surface area is 164 Å². The highest BCUT2D eigenvalue weighted by Gasteiger charge is 2.52. The summed E-state index contributed by atoms with van der Waals surface area (Å²) in [7, 11) is 0. The van der Waals surface area contributed by atoms with Crippen molar-refractivity contribution in [3.63, 3.8) is 0 Å². The molecule has 2 aromatic rings. The molecule has 0 bridgehead atoms. The Hall–Kier alpha value is -2.36. The van der Waals surface area contributed by atoms with Gasteiger partial charge in [0, 0.05) is 18.2 Å². The highest BCUT2D eigenvalue weighted by Crippen LogP contribution is 2.44. The summed E-state index contributed by atoms with van der Waals surface area (Å²) in [4.78, 5) is 24.4. The van der Waals surface area contributed by atoms with Crippen LogP contribution in [0.2, 0.25) is 0 Å². The van der Waals surface area contributed by atoms with Crippen LogP contribution in [0.5, 0.6) is 0 Å². The first-order valence-electron chi connectivity index (χ1n) is 9.24. The molecule has 2 fully saturated rings. The maximum Gasteiger partial charge on any atom is 0.252 e. The first kappa shape index (κ1) is 19.0. The zero-order valence-corrected chi connectivity index (χ0v) is 15.9. The average Bonchev–Trinajstić information content (AvgIpc) is 3.08. The summed E-state index contributed by atoms with van der Waals surface area (Å²) < 4.78 is 28.7. The van der Waals surface area contributed by atoms with Gasteiger partial charge in [-0.1, -0.05) is 5.21 Å². The quantitative estimate of drug-likeness (QED) is 0.765. The van der Waals surface area contributed by atoms with E-state index in [4.69, 9.17) is 5.73 Å². The summed E-state index contributed by atoms with van der Waals surface area (Å²) in [5.74, 6) is -3.61. The lowest BCUT2D eigenvalue weighted by Gasteiger charge is -2.33. The second-order valence-electron chi connectivity index (χ2n) is 7.64. The van der Waals surface area contributed by atoms with Crippen molar-refractivity contribution in [1.82, 2.24) is 20.3 Å². The Morgan fingerprint density at radius 2 is 2.00 bits per heavy atom. The van der Waals surface area contributed by atoms with Crippen molar-refractivity contribution in [2.45, 2.75) is 56.0 Å². The van der Waals surface area contributed by atoms with Gasteiger partial charge < -0.3 is 11.1 Å². The van der Waals surface area contributed by atoms with Gasteiger partial charge in [0.05, 0.1) is 17.8 Å². The molecule has 3 N–H and O–H groups in total. The van der Waals surface area contributed by atoms with E-state index in [1.165, 1.54) is 16.0 Å². The lowest BCUT2D eigenvalue weighted by atomic mass is 9.81. The lowest BCUT2D eigenvalue weighted by Crippen LogP contribution is -2.37. The number of aromatic nitrogens is 3. The van der Waals surface area contributed by atoms with E-state index in [1.807, 2.05) is 0 Å². The summed E-state index contributed by atoms with van der Waals surface area (Å²) in [6, 6.07) is 1.15. The molecule has 2 saturated carbocycles. The van der Waals surface area contributed by atoms with Gasteiger partial charge in [-0.2, -0.15) is 11.3 Å². The number of nitrogens with zero attached hydrogens (tertiary/aromatic N) is 3. The normalized spacial score (nSPS) is 21.8. The Balaban J connectivity index is 1.59. The molecule has 150 valence electrons. The highest BCUT2D eigenvalue weighted by atomic mass is 32.1. The number of thiophene rings is 1. The molecule has 0 aromatic carbocycles. The molecule has 2 aliphatic carbocycles. The smallest absolute Gasteiger partial charge is 0.252 e. The predicted octanol–water partition coefficient (Wildman–Crippen LogP) is 2.61. The molecule has 10 heteroatoms. The monoisotopic (exact) mass is 409 g/mol. The molecular formula is C18H21F2N5O2S. The van der Waals surface area contributed by atoms with Gasteiger partial charge in [-0.3, -0.25) is 9.59 Å². The van der Waals surface area contributed by atoms with E-state index in [9.17, 15) is 18.4 Å². The second-order valence-corrected chi connectivity index (χ2v) is 8.42. The number of halogens is 2. The van der Waals surface area contributed by atoms with Gasteiger partial charge in [0.1, 0.15) is 11.2 Å². The fourth-order valence-corrected chi connectivity index (χ4v) is 4.42. The molecule has 0 saturated heterocycles. The Morgan fingerprint density at radius 3 is 2.57 bits per heavy atom. The van der Waals surface area contributed by atoms with Crippen LogP contribution in [-0.4, -0.2) is 32.7 Å². The van der Waals surface area contributed by atoms with Gasteiger partial charge in [-0.25, -0.2) is 13.5 Å². The maximum absolute atomic E-state index is 13.6. The van der Waals surface area contributed by atoms with Gasteiger partial charge in [0.15, 0.2) is 0 Å². The molecule has 28 heavy (non-hydrogen) atoms. The number of carbonyl (C=O) groups excluding carboxylic acids is 2. The number of nitrogens with two attached hydrogens (primary N) is 1. The van der Waals surface area contributed by atoms with Crippen molar-refractivity contribution in [3.05, 3.63) is 34.3 Å². The number of alkyl halides is 2. The zero-order valence-electron chi connectivity index (χ0n) is 15.1. The van der Waals surface area contributed by atoms with Crippen molar-refractivity contribution in [1.29, 1.82) is 0 Å². The first-order valence-corrected chi connectivity index (χ1v) is 10.2. The third-order valence-electron chi connectivity index (χ3n) is 5.75. The maximum atomic E-state index is 13.6. The van der Waals surface area contributed by atoms with Crippen LogP contribution < -0.4 is 11.1 Å². The summed E-state index contributed by atoms with van der Waals surface area (Å²) in [6.07, 6.45) is 2.90. The standard InChI is InChI=1S/C18H21F2N5O2S/c19-18(20)4-1-11(2-5-18)14(22-15(26)12-3-8-28-10-12)13-9-25(24-23-13)17(6-7-17)16(21)27/h3,8-11,14H,1-2,4-7H2,(H2,21,27)(H,22,26)/t14-/m0/s1. The van der Waals surface area contributed by atoms with Gasteiger partial charge in [0.25, 0.3) is 5.91 Å². The molecular weight excluding hydrogens is 388 g/mol. The SMILES string of the molecule is NC(=O)C1(n2cc([C@@H](NC(=O)c3ccsc3)C3CCC(F)(F)CC3)nn2)CC1. The third kappa shape index (κ3) is 3.52. The van der Waals surface area contributed by atoms with E-state index in [-0.39, 0.29) is 37.5 Å². The Morgan fingerprint density at radius 1 is 1.29 bits per heavy atom. The van der Waals surface area contributed by atoms with Crippen LogP contribution in [0.15, 0.2) is 23.0 Å². The van der Waals surface area contributed by atoms with Crippen LogP contribution in [0.25, 0.3) is 0 Å². The molecule has 1 atom stereocenters. The van der Waals surface area contributed by atoms with Crippen molar-refractivity contribution < 1.29 is 18.4 Å². The van der Waals surface area contributed by atoms with Crippen LogP contribution in [0, 0.1) is 5.92 Å². The highest BCUT2D eigenvalue weighted by molar-refractivity contribution is 7.08. The molecule has 0 unspecified atom stereocenters. The molecule has 0 aliphatic heterocycles. The van der Waals surface area contributed by atoms with Crippen LogP contribution in [0.4, 0.5) is 8.78 Å². The van der Waals surface area contributed by atoms with Gasteiger partial charge in [-0.05, 0) is 43.0 Å². The minimum absolute atomic E-state index is 0.184. The average molecular weight is 409 g/mol. The fraction of sp³-hybridized carbons (Fsp3) is 0.556. The molecule has 7 nitrogen and oxygen atoms in total. The number of carbonyl (C=O) groups is 2. The van der Waals surface area contributed by atoms with E-state index in [1.54, 1.807) is 23.0 Å². The molecule has 0 radical (unpaired) electrons. The zero-order chi connectivity index (χ0) is 19.9. The first-order chi connectivity index (χ1) is 13.3. The van der Waals surface area contributed by atoms with Crippen LogP contribution in [0.3, 0.4) is 0 Å². The topological polar surface area (TPSA) is 103 Å². The number of hydrogen-bond acceptors (Lipinski definition) is 5.